The van der Waals surface area contributed by atoms with E-state index in [4.69, 9.17) is 9.15 Å². The Morgan fingerprint density at radius 2 is 1.96 bits per heavy atom. The largest absolute Gasteiger partial charge is 0.461 e. The van der Waals surface area contributed by atoms with Crippen LogP contribution in [0.25, 0.3) is 11.0 Å². The average Bonchev–Trinajstić information content (AvgIpc) is 3.36. The number of ether oxygens (including phenoxy) is 1. The summed E-state index contributed by atoms with van der Waals surface area (Å²) >= 11 is 0. The Kier molecular flexibility index (Phi) is 3.81. The second-order valence-corrected chi connectivity index (χ2v) is 7.92. The van der Waals surface area contributed by atoms with Crippen molar-refractivity contribution in [2.24, 2.45) is 11.8 Å². The summed E-state index contributed by atoms with van der Waals surface area (Å²) in [7, 11) is 0. The quantitative estimate of drug-likeness (QED) is 0.616. The van der Waals surface area contributed by atoms with Crippen LogP contribution in [0.4, 0.5) is 5.69 Å². The van der Waals surface area contributed by atoms with Crippen LogP contribution in [0.5, 0.6) is 0 Å². The fourth-order valence-electron chi connectivity index (χ4n) is 5.06. The minimum Gasteiger partial charge on any atom is -0.461 e. The summed E-state index contributed by atoms with van der Waals surface area (Å²) in [5.41, 5.74) is 0.294. The third-order valence-electron chi connectivity index (χ3n) is 6.31. The number of nitrogens with zero attached hydrogens (tertiary/aromatic N) is 1. The number of hydrogen-bond donors (Lipinski definition) is 0. The number of carbonyl (C=O) groups is 2. The molecule has 1 amide bonds. The van der Waals surface area contributed by atoms with Crippen molar-refractivity contribution < 1.29 is 18.7 Å². The van der Waals surface area contributed by atoms with Crippen LogP contribution >= 0.6 is 0 Å². The van der Waals surface area contributed by atoms with Crippen molar-refractivity contribution in [2.75, 3.05) is 4.90 Å². The summed E-state index contributed by atoms with van der Waals surface area (Å²) in [6.45, 7) is 0. The predicted octanol–water partition coefficient (Wildman–Crippen LogP) is 3.02. The van der Waals surface area contributed by atoms with Gasteiger partial charge in [0.2, 0.25) is 5.91 Å². The maximum atomic E-state index is 12.9. The smallest absolute Gasteiger partial charge is 0.338 e. The van der Waals surface area contributed by atoms with Gasteiger partial charge in [0.1, 0.15) is 17.7 Å². The molecule has 3 aliphatic rings. The number of para-hydroxylation sites is 1. The topological polar surface area (TPSA) is 76.8 Å². The van der Waals surface area contributed by atoms with E-state index in [1.807, 2.05) is 6.07 Å². The molecule has 3 fully saturated rings. The molecule has 2 heterocycles. The van der Waals surface area contributed by atoms with E-state index in [-0.39, 0.29) is 24.4 Å². The Bertz CT molecular complexity index is 980. The first-order chi connectivity index (χ1) is 13.1. The van der Waals surface area contributed by atoms with Crippen molar-refractivity contribution in [3.63, 3.8) is 0 Å². The molecule has 6 nitrogen and oxygen atoms in total. The minimum absolute atomic E-state index is 0.0219. The van der Waals surface area contributed by atoms with Gasteiger partial charge in [0.15, 0.2) is 0 Å². The van der Waals surface area contributed by atoms with Gasteiger partial charge in [-0.25, -0.2) is 9.59 Å². The monoisotopic (exact) mass is 367 g/mol. The molecule has 27 heavy (non-hydrogen) atoms. The molecule has 1 saturated heterocycles. The Labute approximate surface area is 156 Å². The highest BCUT2D eigenvalue weighted by molar-refractivity contribution is 6.07. The minimum atomic E-state index is -0.679. The maximum Gasteiger partial charge on any atom is 0.338 e. The number of anilines is 1. The van der Waals surface area contributed by atoms with E-state index in [1.165, 1.54) is 17.4 Å². The van der Waals surface area contributed by atoms with Gasteiger partial charge in [-0.1, -0.05) is 12.1 Å². The fraction of sp³-hybridized carbons (Fsp3) is 0.476. The molecule has 2 unspecified atom stereocenters. The van der Waals surface area contributed by atoms with Gasteiger partial charge in [-0.15, -0.1) is 0 Å². The first-order valence-corrected chi connectivity index (χ1v) is 9.65. The van der Waals surface area contributed by atoms with Crippen molar-refractivity contribution in [1.82, 2.24) is 0 Å². The predicted molar refractivity (Wildman–Crippen MR) is 98.3 cm³/mol. The van der Waals surface area contributed by atoms with Gasteiger partial charge in [-0.05, 0) is 56.1 Å². The standard InChI is InChI=1S/C21H21NO5/c23-19-8-7-15(21(25)27-18-10-12-5-6-13(18)9-12)22(19)16-11-20(24)26-17-4-2-1-3-14(16)17/h1-4,11-13,15,18H,5-10H2/t12?,13?,15-,18-/m0/s1. The lowest BCUT2D eigenvalue weighted by Crippen LogP contribution is -2.42. The normalized spacial score (nSPS) is 29.6. The van der Waals surface area contributed by atoms with Crippen molar-refractivity contribution in [3.05, 3.63) is 40.8 Å². The number of carbonyl (C=O) groups excluding carboxylic acids is 2. The molecule has 1 aromatic carbocycles. The number of esters is 1. The summed E-state index contributed by atoms with van der Waals surface area (Å²) in [4.78, 5) is 38.9. The van der Waals surface area contributed by atoms with E-state index in [2.05, 4.69) is 0 Å². The molecule has 5 rings (SSSR count). The molecular formula is C21H21NO5. The van der Waals surface area contributed by atoms with Crippen LogP contribution in [0.15, 0.2) is 39.5 Å². The highest BCUT2D eigenvalue weighted by atomic mass is 16.5. The van der Waals surface area contributed by atoms with Gasteiger partial charge in [-0.2, -0.15) is 0 Å². The lowest BCUT2D eigenvalue weighted by molar-refractivity contribution is -0.153. The number of fused-ring (bicyclic) bond motifs is 3. The zero-order chi connectivity index (χ0) is 18.5. The molecule has 0 N–H and O–H groups in total. The van der Waals surface area contributed by atoms with Gasteiger partial charge in [0.25, 0.3) is 0 Å². The number of amides is 1. The third kappa shape index (κ3) is 2.74. The van der Waals surface area contributed by atoms with E-state index in [0.29, 0.717) is 34.9 Å². The van der Waals surface area contributed by atoms with Crippen molar-refractivity contribution >= 4 is 28.5 Å². The molecule has 4 atom stereocenters. The van der Waals surface area contributed by atoms with Crippen molar-refractivity contribution in [1.29, 1.82) is 0 Å². The molecule has 2 aromatic rings. The van der Waals surface area contributed by atoms with E-state index in [1.54, 1.807) is 18.2 Å². The summed E-state index contributed by atoms with van der Waals surface area (Å²) in [6.07, 6.45) is 5.10. The highest BCUT2D eigenvalue weighted by Gasteiger charge is 2.45. The average molecular weight is 367 g/mol. The lowest BCUT2D eigenvalue weighted by atomic mass is 9.97. The molecule has 1 aromatic heterocycles. The summed E-state index contributed by atoms with van der Waals surface area (Å²) in [5, 5.41) is 0.644. The van der Waals surface area contributed by atoms with E-state index < -0.39 is 11.7 Å². The Morgan fingerprint density at radius 1 is 1.11 bits per heavy atom. The van der Waals surface area contributed by atoms with Gasteiger partial charge >= 0.3 is 11.6 Å². The van der Waals surface area contributed by atoms with Crippen LogP contribution in [-0.2, 0) is 14.3 Å². The summed E-state index contributed by atoms with van der Waals surface area (Å²) in [6, 6.07) is 7.67. The van der Waals surface area contributed by atoms with E-state index >= 15 is 0 Å². The molecule has 0 radical (unpaired) electrons. The van der Waals surface area contributed by atoms with Gasteiger partial charge in [0.05, 0.1) is 5.69 Å². The lowest BCUT2D eigenvalue weighted by Gasteiger charge is -2.28. The molecule has 2 aliphatic carbocycles. The van der Waals surface area contributed by atoms with Crippen LogP contribution in [0, 0.1) is 11.8 Å². The van der Waals surface area contributed by atoms with E-state index in [0.717, 1.165) is 19.3 Å². The van der Waals surface area contributed by atoms with Crippen molar-refractivity contribution in [2.45, 2.75) is 50.7 Å². The molecule has 0 spiro atoms. The fourth-order valence-corrected chi connectivity index (χ4v) is 5.06. The third-order valence-corrected chi connectivity index (χ3v) is 6.31. The number of rotatable bonds is 3. The maximum absolute atomic E-state index is 12.9. The molecular weight excluding hydrogens is 346 g/mol. The second kappa shape index (κ2) is 6.22. The van der Waals surface area contributed by atoms with Crippen LogP contribution in [-0.4, -0.2) is 24.0 Å². The molecule has 2 bridgehead atoms. The summed E-state index contributed by atoms with van der Waals surface area (Å²) < 4.78 is 11.1. The Morgan fingerprint density at radius 3 is 2.74 bits per heavy atom. The van der Waals surface area contributed by atoms with Gasteiger partial charge < -0.3 is 9.15 Å². The Hall–Kier alpha value is -2.63. The van der Waals surface area contributed by atoms with Crippen molar-refractivity contribution in [3.8, 4) is 0 Å². The summed E-state index contributed by atoms with van der Waals surface area (Å²) in [5.74, 6) is 0.627. The molecule has 2 saturated carbocycles. The first kappa shape index (κ1) is 16.5. The van der Waals surface area contributed by atoms with Gasteiger partial charge in [0, 0.05) is 17.9 Å². The number of hydrogen-bond acceptors (Lipinski definition) is 5. The Balaban J connectivity index is 1.47. The van der Waals surface area contributed by atoms with Crippen LogP contribution in [0.3, 0.4) is 0 Å². The van der Waals surface area contributed by atoms with Crippen LogP contribution < -0.4 is 10.5 Å². The van der Waals surface area contributed by atoms with Gasteiger partial charge in [-0.3, -0.25) is 9.69 Å². The second-order valence-electron chi connectivity index (χ2n) is 7.92. The SMILES string of the molecule is O=C(O[C@H]1CC2CCC1C2)[C@@H]1CCC(=O)N1c1cc(=O)oc2ccccc12. The number of benzene rings is 1. The zero-order valence-electron chi connectivity index (χ0n) is 14.9. The first-order valence-electron chi connectivity index (χ1n) is 9.65. The highest BCUT2D eigenvalue weighted by Crippen LogP contribution is 2.46. The molecule has 1 aliphatic heterocycles. The molecule has 140 valence electrons. The van der Waals surface area contributed by atoms with E-state index in [9.17, 15) is 14.4 Å². The zero-order valence-corrected chi connectivity index (χ0v) is 14.9. The van der Waals surface area contributed by atoms with Crippen LogP contribution in [0.1, 0.15) is 38.5 Å². The van der Waals surface area contributed by atoms with Crippen LogP contribution in [0.2, 0.25) is 0 Å². The molecule has 6 heteroatoms.